The Kier molecular flexibility index (Phi) is 6.06. The van der Waals surface area contributed by atoms with E-state index in [0.29, 0.717) is 6.42 Å². The first-order valence-electron chi connectivity index (χ1n) is 6.47. The lowest BCUT2D eigenvalue weighted by Crippen LogP contribution is -2.46. The Morgan fingerprint density at radius 2 is 1.90 bits per heavy atom. The highest BCUT2D eigenvalue weighted by atomic mass is 16.5. The van der Waals surface area contributed by atoms with E-state index in [-0.39, 0.29) is 24.7 Å². The van der Waals surface area contributed by atoms with Gasteiger partial charge in [-0.05, 0) is 12.0 Å². The van der Waals surface area contributed by atoms with Crippen molar-refractivity contribution in [3.63, 3.8) is 0 Å². The van der Waals surface area contributed by atoms with Crippen molar-refractivity contribution in [3.8, 4) is 0 Å². The molecule has 1 unspecified atom stereocenters. The topological polar surface area (TPSA) is 80.7 Å². The molecule has 108 valence electrons. The van der Waals surface area contributed by atoms with E-state index in [1.165, 1.54) is 12.1 Å². The zero-order chi connectivity index (χ0) is 15.0. The second-order valence-corrected chi connectivity index (χ2v) is 4.42. The standard InChI is InChI=1S/C15H18O5/c1-2-3-9-20-14(18)15(19,13(10-16)11-17)12-7-5-4-6-8-12/h4-8,10-11,13,19H,2-3,9H2,1H3. The molecule has 0 saturated carbocycles. The van der Waals surface area contributed by atoms with Crippen molar-refractivity contribution in [2.24, 2.45) is 5.92 Å². The van der Waals surface area contributed by atoms with Gasteiger partial charge in [-0.15, -0.1) is 0 Å². The summed E-state index contributed by atoms with van der Waals surface area (Å²) >= 11 is 0. The van der Waals surface area contributed by atoms with Gasteiger partial charge in [-0.2, -0.15) is 0 Å². The van der Waals surface area contributed by atoms with Crippen molar-refractivity contribution in [3.05, 3.63) is 35.9 Å². The molecule has 0 aliphatic heterocycles. The number of aldehydes is 2. The van der Waals surface area contributed by atoms with Crippen LogP contribution in [0, 0.1) is 5.92 Å². The Labute approximate surface area is 117 Å². The van der Waals surface area contributed by atoms with Gasteiger partial charge in [0.2, 0.25) is 5.60 Å². The van der Waals surface area contributed by atoms with Crippen molar-refractivity contribution >= 4 is 18.5 Å². The average Bonchev–Trinajstić information content (AvgIpc) is 2.49. The smallest absolute Gasteiger partial charge is 0.344 e. The molecule has 1 rings (SSSR count). The summed E-state index contributed by atoms with van der Waals surface area (Å²) in [4.78, 5) is 34.1. The molecule has 0 aromatic heterocycles. The first kappa shape index (κ1) is 16.0. The van der Waals surface area contributed by atoms with Crippen LogP contribution in [0.2, 0.25) is 0 Å². The SMILES string of the molecule is CCCCOC(=O)C(O)(c1ccccc1)C(C=O)C=O. The van der Waals surface area contributed by atoms with E-state index in [1.54, 1.807) is 18.2 Å². The normalized spacial score (nSPS) is 13.6. The Morgan fingerprint density at radius 3 is 2.40 bits per heavy atom. The molecule has 1 N–H and O–H groups in total. The van der Waals surface area contributed by atoms with Gasteiger partial charge in [0.15, 0.2) is 0 Å². The van der Waals surface area contributed by atoms with E-state index in [0.717, 1.165) is 6.42 Å². The van der Waals surface area contributed by atoms with Crippen molar-refractivity contribution in [2.45, 2.75) is 25.4 Å². The Bertz CT molecular complexity index is 449. The fourth-order valence-corrected chi connectivity index (χ4v) is 1.79. The Balaban J connectivity index is 3.10. The molecule has 5 nitrogen and oxygen atoms in total. The monoisotopic (exact) mass is 278 g/mol. The molecule has 0 saturated heterocycles. The second kappa shape index (κ2) is 7.55. The van der Waals surface area contributed by atoms with Gasteiger partial charge in [0.05, 0.1) is 6.61 Å². The third-order valence-electron chi connectivity index (χ3n) is 3.03. The van der Waals surface area contributed by atoms with Crippen LogP contribution in [0.25, 0.3) is 0 Å². The minimum absolute atomic E-state index is 0.134. The lowest BCUT2D eigenvalue weighted by Gasteiger charge is -2.28. The highest BCUT2D eigenvalue weighted by molar-refractivity contribution is 5.92. The fourth-order valence-electron chi connectivity index (χ4n) is 1.79. The third kappa shape index (κ3) is 3.30. The number of ether oxygens (including phenoxy) is 1. The lowest BCUT2D eigenvalue weighted by atomic mass is 9.82. The molecule has 0 spiro atoms. The molecule has 0 fully saturated rings. The summed E-state index contributed by atoms with van der Waals surface area (Å²) < 4.78 is 4.98. The highest BCUT2D eigenvalue weighted by Gasteiger charge is 2.47. The van der Waals surface area contributed by atoms with E-state index in [4.69, 9.17) is 4.74 Å². The quantitative estimate of drug-likeness (QED) is 0.335. The van der Waals surface area contributed by atoms with E-state index in [9.17, 15) is 19.5 Å². The van der Waals surface area contributed by atoms with Crippen molar-refractivity contribution in [1.29, 1.82) is 0 Å². The summed E-state index contributed by atoms with van der Waals surface area (Å²) in [5, 5.41) is 10.6. The van der Waals surface area contributed by atoms with Gasteiger partial charge in [-0.3, -0.25) is 0 Å². The molecule has 0 heterocycles. The van der Waals surface area contributed by atoms with Gasteiger partial charge in [-0.1, -0.05) is 43.7 Å². The third-order valence-corrected chi connectivity index (χ3v) is 3.03. The van der Waals surface area contributed by atoms with Crippen LogP contribution < -0.4 is 0 Å². The molecule has 0 radical (unpaired) electrons. The molecule has 1 aromatic rings. The molecule has 0 aliphatic carbocycles. The highest BCUT2D eigenvalue weighted by Crippen LogP contribution is 2.29. The Hall–Kier alpha value is -2.01. The van der Waals surface area contributed by atoms with E-state index < -0.39 is 17.5 Å². The van der Waals surface area contributed by atoms with Crippen molar-refractivity contribution in [2.75, 3.05) is 6.61 Å². The number of rotatable bonds is 8. The van der Waals surface area contributed by atoms with Gasteiger partial charge >= 0.3 is 5.97 Å². The second-order valence-electron chi connectivity index (χ2n) is 4.42. The number of esters is 1. The molecule has 0 aliphatic rings. The first-order chi connectivity index (χ1) is 9.61. The predicted octanol–water partition coefficient (Wildman–Crippen LogP) is 1.23. The summed E-state index contributed by atoms with van der Waals surface area (Å²) in [5.41, 5.74) is -2.12. The predicted molar refractivity (Wildman–Crippen MR) is 71.8 cm³/mol. The van der Waals surface area contributed by atoms with Crippen LogP contribution in [-0.4, -0.2) is 30.3 Å². The van der Waals surface area contributed by atoms with Gasteiger partial charge < -0.3 is 19.4 Å². The molecule has 1 atom stereocenters. The van der Waals surface area contributed by atoms with Crippen LogP contribution in [0.5, 0.6) is 0 Å². The minimum atomic E-state index is -2.28. The van der Waals surface area contributed by atoms with Crippen LogP contribution in [0.15, 0.2) is 30.3 Å². The zero-order valence-corrected chi connectivity index (χ0v) is 11.3. The van der Waals surface area contributed by atoms with Crippen molar-refractivity contribution in [1.82, 2.24) is 0 Å². The van der Waals surface area contributed by atoms with E-state index >= 15 is 0 Å². The van der Waals surface area contributed by atoms with Gasteiger partial charge in [-0.25, -0.2) is 4.79 Å². The van der Waals surface area contributed by atoms with Crippen LogP contribution in [-0.2, 0) is 24.7 Å². The number of carbonyl (C=O) groups is 3. The fraction of sp³-hybridized carbons (Fsp3) is 0.400. The lowest BCUT2D eigenvalue weighted by molar-refractivity contribution is -0.175. The number of unbranched alkanes of at least 4 members (excludes halogenated alkanes) is 1. The average molecular weight is 278 g/mol. The number of hydrogen-bond acceptors (Lipinski definition) is 5. The largest absolute Gasteiger partial charge is 0.463 e. The summed E-state index contributed by atoms with van der Waals surface area (Å²) in [6.07, 6.45) is 1.97. The first-order valence-corrected chi connectivity index (χ1v) is 6.47. The van der Waals surface area contributed by atoms with Crippen molar-refractivity contribution < 1.29 is 24.2 Å². The summed E-state index contributed by atoms with van der Waals surface area (Å²) in [5.74, 6) is -2.49. The van der Waals surface area contributed by atoms with Gasteiger partial charge in [0.25, 0.3) is 0 Å². The van der Waals surface area contributed by atoms with Crippen LogP contribution >= 0.6 is 0 Å². The summed E-state index contributed by atoms with van der Waals surface area (Å²) in [6.45, 7) is 2.06. The number of carbonyl (C=O) groups excluding carboxylic acids is 3. The molecule has 5 heteroatoms. The molecule has 0 amide bonds. The van der Waals surface area contributed by atoms with E-state index in [1.807, 2.05) is 6.92 Å². The maximum Gasteiger partial charge on any atom is 0.344 e. The molecule has 0 bridgehead atoms. The number of benzene rings is 1. The maximum absolute atomic E-state index is 12.1. The summed E-state index contributed by atoms with van der Waals surface area (Å²) in [7, 11) is 0. The van der Waals surface area contributed by atoms with Crippen LogP contribution in [0.4, 0.5) is 0 Å². The maximum atomic E-state index is 12.1. The van der Waals surface area contributed by atoms with Gasteiger partial charge in [0.1, 0.15) is 18.5 Å². The number of hydrogen-bond donors (Lipinski definition) is 1. The summed E-state index contributed by atoms with van der Waals surface area (Å²) in [6, 6.07) is 7.85. The van der Waals surface area contributed by atoms with Crippen LogP contribution in [0.3, 0.4) is 0 Å². The molecule has 1 aromatic carbocycles. The van der Waals surface area contributed by atoms with Crippen LogP contribution in [0.1, 0.15) is 25.3 Å². The molecular weight excluding hydrogens is 260 g/mol. The van der Waals surface area contributed by atoms with E-state index in [2.05, 4.69) is 0 Å². The molecular formula is C15H18O5. The zero-order valence-electron chi connectivity index (χ0n) is 11.3. The Morgan fingerprint density at radius 1 is 1.30 bits per heavy atom. The van der Waals surface area contributed by atoms with Gasteiger partial charge in [0, 0.05) is 0 Å². The number of aliphatic hydroxyl groups is 1. The molecule has 20 heavy (non-hydrogen) atoms. The minimum Gasteiger partial charge on any atom is -0.463 e.